The summed E-state index contributed by atoms with van der Waals surface area (Å²) < 4.78 is 0. The van der Waals surface area contributed by atoms with E-state index in [0.29, 0.717) is 5.92 Å². The molecule has 0 heterocycles. The Morgan fingerprint density at radius 2 is 1.38 bits per heavy atom. The Morgan fingerprint density at radius 1 is 0.905 bits per heavy atom. The fourth-order valence-electron chi connectivity index (χ4n) is 2.50. The van der Waals surface area contributed by atoms with Gasteiger partial charge in [-0.15, -0.1) is 0 Å². The molecule has 0 spiro atoms. The molecule has 1 unspecified atom stereocenters. The summed E-state index contributed by atoms with van der Waals surface area (Å²) in [4.78, 5) is 0. The molecule has 2 heteroatoms. The maximum absolute atomic E-state index is 9.62. The van der Waals surface area contributed by atoms with Crippen molar-refractivity contribution >= 4 is 0 Å². The highest BCUT2D eigenvalue weighted by molar-refractivity contribution is 5.36. The van der Waals surface area contributed by atoms with Gasteiger partial charge in [0.25, 0.3) is 0 Å². The zero-order valence-electron chi connectivity index (χ0n) is 12.7. The molecule has 1 N–H and O–H groups in total. The van der Waals surface area contributed by atoms with Gasteiger partial charge in [0.1, 0.15) is 6.04 Å². The van der Waals surface area contributed by atoms with Crippen LogP contribution in [0.5, 0.6) is 0 Å². The Balaban J connectivity index is 2.34. The van der Waals surface area contributed by atoms with Crippen LogP contribution in [0, 0.1) is 17.2 Å². The topological polar surface area (TPSA) is 35.8 Å². The zero-order chi connectivity index (χ0) is 15.1. The van der Waals surface area contributed by atoms with Crippen molar-refractivity contribution in [1.29, 1.82) is 5.26 Å². The molecule has 108 valence electrons. The van der Waals surface area contributed by atoms with E-state index in [1.54, 1.807) is 0 Å². The first kappa shape index (κ1) is 15.3. The Kier molecular flexibility index (Phi) is 5.54. The van der Waals surface area contributed by atoms with Crippen molar-refractivity contribution in [3.8, 4) is 6.07 Å². The molecule has 0 aromatic heterocycles. The van der Waals surface area contributed by atoms with Crippen molar-refractivity contribution in [2.45, 2.75) is 25.8 Å². The van der Waals surface area contributed by atoms with E-state index in [0.717, 1.165) is 6.54 Å². The van der Waals surface area contributed by atoms with E-state index in [-0.39, 0.29) is 12.0 Å². The van der Waals surface area contributed by atoms with Crippen molar-refractivity contribution in [2.75, 3.05) is 6.54 Å². The van der Waals surface area contributed by atoms with Crippen LogP contribution in [0.25, 0.3) is 0 Å². The van der Waals surface area contributed by atoms with Gasteiger partial charge < -0.3 is 5.32 Å². The molecule has 0 radical (unpaired) electrons. The number of rotatable bonds is 6. The number of hydrogen-bond acceptors (Lipinski definition) is 2. The lowest BCUT2D eigenvalue weighted by Gasteiger charge is -2.25. The van der Waals surface area contributed by atoms with Gasteiger partial charge in [-0.2, -0.15) is 5.26 Å². The number of nitrogens with zero attached hydrogens (tertiary/aromatic N) is 1. The van der Waals surface area contributed by atoms with Gasteiger partial charge in [-0.3, -0.25) is 0 Å². The van der Waals surface area contributed by atoms with Gasteiger partial charge in [0.15, 0.2) is 0 Å². The molecule has 0 amide bonds. The largest absolute Gasteiger partial charge is 0.301 e. The van der Waals surface area contributed by atoms with E-state index in [2.05, 4.69) is 49.5 Å². The summed E-state index contributed by atoms with van der Waals surface area (Å²) in [6.07, 6.45) is 0. The molecule has 21 heavy (non-hydrogen) atoms. The Bertz CT molecular complexity index is 530. The van der Waals surface area contributed by atoms with Gasteiger partial charge in [0.05, 0.1) is 6.07 Å². The third-order valence-corrected chi connectivity index (χ3v) is 3.54. The van der Waals surface area contributed by atoms with Crippen LogP contribution in [0.15, 0.2) is 60.7 Å². The maximum atomic E-state index is 9.62. The Morgan fingerprint density at radius 3 is 1.76 bits per heavy atom. The molecule has 0 aliphatic carbocycles. The van der Waals surface area contributed by atoms with Gasteiger partial charge in [-0.05, 0) is 23.6 Å². The molecule has 0 saturated heterocycles. The van der Waals surface area contributed by atoms with Crippen molar-refractivity contribution < 1.29 is 0 Å². The van der Waals surface area contributed by atoms with Gasteiger partial charge in [-0.1, -0.05) is 74.5 Å². The summed E-state index contributed by atoms with van der Waals surface area (Å²) in [5.41, 5.74) is 2.35. The lowest BCUT2D eigenvalue weighted by molar-refractivity contribution is 0.488. The predicted molar refractivity (Wildman–Crippen MR) is 87.0 cm³/mol. The van der Waals surface area contributed by atoms with Crippen molar-refractivity contribution in [3.05, 3.63) is 71.8 Å². The number of nitriles is 1. The molecular formula is C19H22N2. The fraction of sp³-hybridized carbons (Fsp3) is 0.316. The minimum atomic E-state index is -0.225. The summed E-state index contributed by atoms with van der Waals surface area (Å²) in [5, 5.41) is 13.0. The van der Waals surface area contributed by atoms with Crippen LogP contribution in [0.2, 0.25) is 0 Å². The zero-order valence-corrected chi connectivity index (χ0v) is 12.7. The molecule has 2 nitrogen and oxygen atoms in total. The van der Waals surface area contributed by atoms with Gasteiger partial charge >= 0.3 is 0 Å². The minimum Gasteiger partial charge on any atom is -0.301 e. The second kappa shape index (κ2) is 7.61. The first-order valence-corrected chi connectivity index (χ1v) is 7.45. The van der Waals surface area contributed by atoms with Gasteiger partial charge in [0.2, 0.25) is 0 Å². The summed E-state index contributed by atoms with van der Waals surface area (Å²) >= 11 is 0. The maximum Gasteiger partial charge on any atom is 0.106 e. The molecule has 0 saturated carbocycles. The lowest BCUT2D eigenvalue weighted by atomic mass is 9.85. The van der Waals surface area contributed by atoms with Crippen LogP contribution in [0.3, 0.4) is 0 Å². The molecule has 0 fully saturated rings. The summed E-state index contributed by atoms with van der Waals surface area (Å²) in [7, 11) is 0. The average Bonchev–Trinajstić information content (AvgIpc) is 2.53. The van der Waals surface area contributed by atoms with E-state index < -0.39 is 0 Å². The first-order chi connectivity index (χ1) is 10.2. The van der Waals surface area contributed by atoms with Crippen LogP contribution >= 0.6 is 0 Å². The standard InChI is InChI=1S/C19H22N2/c1-15(2)14-21-18(13-20)19(16-9-5-3-6-10-16)17-11-7-4-8-12-17/h3-12,15,18-19,21H,14H2,1-2H3. The summed E-state index contributed by atoms with van der Waals surface area (Å²) in [6.45, 7) is 5.15. The number of nitrogens with one attached hydrogen (secondary N) is 1. The SMILES string of the molecule is CC(C)CNC(C#N)C(c1ccccc1)c1ccccc1. The highest BCUT2D eigenvalue weighted by atomic mass is 14.9. The average molecular weight is 278 g/mol. The van der Waals surface area contributed by atoms with Crippen molar-refractivity contribution in [2.24, 2.45) is 5.92 Å². The second-order valence-corrected chi connectivity index (χ2v) is 5.71. The molecule has 1 atom stereocenters. The normalized spacial score (nSPS) is 12.3. The van der Waals surface area contributed by atoms with Crippen LogP contribution in [0.1, 0.15) is 30.9 Å². The molecule has 2 rings (SSSR count). The molecule has 0 aliphatic heterocycles. The number of hydrogen-bond donors (Lipinski definition) is 1. The van der Waals surface area contributed by atoms with Gasteiger partial charge in [-0.25, -0.2) is 0 Å². The van der Waals surface area contributed by atoms with Crippen LogP contribution < -0.4 is 5.32 Å². The summed E-state index contributed by atoms with van der Waals surface area (Å²) in [5.74, 6) is 0.573. The first-order valence-electron chi connectivity index (χ1n) is 7.45. The van der Waals surface area contributed by atoms with Crippen molar-refractivity contribution in [1.82, 2.24) is 5.32 Å². The van der Waals surface area contributed by atoms with E-state index in [9.17, 15) is 5.26 Å². The minimum absolute atomic E-state index is 0.0520. The highest BCUT2D eigenvalue weighted by Crippen LogP contribution is 2.27. The third kappa shape index (κ3) is 4.18. The molecule has 0 bridgehead atoms. The lowest BCUT2D eigenvalue weighted by Crippen LogP contribution is -2.36. The molecule has 2 aromatic rings. The monoisotopic (exact) mass is 278 g/mol. The van der Waals surface area contributed by atoms with Crippen molar-refractivity contribution in [3.63, 3.8) is 0 Å². The molecular weight excluding hydrogens is 256 g/mol. The van der Waals surface area contributed by atoms with Crippen LogP contribution in [-0.4, -0.2) is 12.6 Å². The molecule has 0 aliphatic rings. The smallest absolute Gasteiger partial charge is 0.106 e. The van der Waals surface area contributed by atoms with Gasteiger partial charge in [0, 0.05) is 5.92 Å². The van der Waals surface area contributed by atoms with Crippen LogP contribution in [-0.2, 0) is 0 Å². The molecule has 2 aromatic carbocycles. The quantitative estimate of drug-likeness (QED) is 0.868. The number of benzene rings is 2. The Labute approximate surface area is 127 Å². The van der Waals surface area contributed by atoms with Crippen LogP contribution in [0.4, 0.5) is 0 Å². The Hall–Kier alpha value is -2.11. The van der Waals surface area contributed by atoms with E-state index in [4.69, 9.17) is 0 Å². The van der Waals surface area contributed by atoms with E-state index in [1.165, 1.54) is 11.1 Å². The van der Waals surface area contributed by atoms with E-state index in [1.807, 2.05) is 36.4 Å². The highest BCUT2D eigenvalue weighted by Gasteiger charge is 2.24. The third-order valence-electron chi connectivity index (χ3n) is 3.54. The second-order valence-electron chi connectivity index (χ2n) is 5.71. The fourth-order valence-corrected chi connectivity index (χ4v) is 2.50. The summed E-state index contributed by atoms with van der Waals surface area (Å²) in [6, 6.07) is 22.7. The van der Waals surface area contributed by atoms with E-state index >= 15 is 0 Å². The predicted octanol–water partition coefficient (Wildman–Crippen LogP) is 3.96.